The summed E-state index contributed by atoms with van der Waals surface area (Å²) in [4.78, 5) is 36.6. The maximum atomic E-state index is 13.4. The van der Waals surface area contributed by atoms with Gasteiger partial charge in [0, 0.05) is 22.0 Å². The summed E-state index contributed by atoms with van der Waals surface area (Å²) in [5.74, 6) is -0.427. The molecule has 1 aromatic carbocycles. The number of hydrogen-bond acceptors (Lipinski definition) is 6. The summed E-state index contributed by atoms with van der Waals surface area (Å²) in [5, 5.41) is 2.82. The van der Waals surface area contributed by atoms with E-state index in [0.717, 1.165) is 51.1 Å². The van der Waals surface area contributed by atoms with E-state index in [9.17, 15) is 9.59 Å². The number of rotatable bonds is 4. The number of aryl methyl sites for hydroxylation is 1. The Balaban J connectivity index is 1.37. The van der Waals surface area contributed by atoms with Crippen LogP contribution in [0.2, 0.25) is 0 Å². The number of pyridine rings is 2. The lowest BCUT2D eigenvalue weighted by atomic mass is 10.0. The van der Waals surface area contributed by atoms with Gasteiger partial charge in [0.1, 0.15) is 12.3 Å². The monoisotopic (exact) mass is 479 g/mol. The van der Waals surface area contributed by atoms with Gasteiger partial charge in [-0.25, -0.2) is 14.8 Å². The average Bonchev–Trinajstić information content (AvgIpc) is 3.51. The van der Waals surface area contributed by atoms with E-state index in [0.29, 0.717) is 16.9 Å². The number of aromatic nitrogens is 3. The van der Waals surface area contributed by atoms with E-state index in [1.165, 1.54) is 10.5 Å². The minimum absolute atomic E-state index is 0.0815. The van der Waals surface area contributed by atoms with Crippen LogP contribution in [0.15, 0.2) is 70.8 Å². The van der Waals surface area contributed by atoms with Crippen LogP contribution >= 0.6 is 11.3 Å². The molecule has 6 rings (SSSR count). The van der Waals surface area contributed by atoms with Gasteiger partial charge in [-0.2, -0.15) is 0 Å². The van der Waals surface area contributed by atoms with Crippen LogP contribution in [0.5, 0.6) is 0 Å². The Bertz CT molecular complexity index is 1700. The van der Waals surface area contributed by atoms with Crippen molar-refractivity contribution in [2.75, 3.05) is 0 Å². The molecule has 7 heteroatoms. The molecule has 4 aromatic heterocycles. The van der Waals surface area contributed by atoms with Crippen molar-refractivity contribution in [3.63, 3.8) is 0 Å². The largest absolute Gasteiger partial charge is 0.456 e. The standard InChI is InChI=1S/C28H21N3O3S/c1-17-6-4-10-24-29-19(15-25(32)31(17)24)16-34-28(33)26-21-8-2-3-9-23(21)30-27-18(11-12-22(26)27)14-20-7-5-13-35-20/h2-10,13-15H,11-12,16H2,1H3/b18-14+. The van der Waals surface area contributed by atoms with E-state index in [2.05, 4.69) is 17.1 Å². The lowest BCUT2D eigenvalue weighted by Crippen LogP contribution is -2.18. The topological polar surface area (TPSA) is 73.6 Å². The molecule has 0 spiro atoms. The molecule has 172 valence electrons. The SMILES string of the molecule is Cc1cccc2nc(COC(=O)c3c4c(nc5ccccc35)/C(=C/c3cccs3)CC4)cc(=O)n12. The number of fused-ring (bicyclic) bond motifs is 3. The third-order valence-electron chi connectivity index (χ3n) is 6.29. The van der Waals surface area contributed by atoms with Crippen LogP contribution in [0.3, 0.4) is 0 Å². The zero-order chi connectivity index (χ0) is 23.9. The highest BCUT2D eigenvalue weighted by atomic mass is 32.1. The second kappa shape index (κ2) is 8.60. The number of thiophene rings is 1. The second-order valence-corrected chi connectivity index (χ2v) is 9.52. The van der Waals surface area contributed by atoms with Crippen molar-refractivity contribution in [3.8, 4) is 0 Å². The summed E-state index contributed by atoms with van der Waals surface area (Å²) in [7, 11) is 0. The van der Waals surface area contributed by atoms with Crippen molar-refractivity contribution in [2.45, 2.75) is 26.4 Å². The van der Waals surface area contributed by atoms with Gasteiger partial charge in [0.15, 0.2) is 0 Å². The Kier molecular flexibility index (Phi) is 5.26. The summed E-state index contributed by atoms with van der Waals surface area (Å²) < 4.78 is 7.27. The fourth-order valence-corrected chi connectivity index (χ4v) is 5.39. The molecule has 0 aliphatic heterocycles. The predicted octanol–water partition coefficient (Wildman–Crippen LogP) is 5.46. The average molecular weight is 480 g/mol. The molecule has 1 aliphatic rings. The van der Waals surface area contributed by atoms with Crippen molar-refractivity contribution >= 4 is 45.5 Å². The molecule has 0 fully saturated rings. The van der Waals surface area contributed by atoms with Crippen LogP contribution in [-0.2, 0) is 17.8 Å². The number of ether oxygens (including phenoxy) is 1. The maximum absolute atomic E-state index is 13.4. The fraction of sp³-hybridized carbons (Fsp3) is 0.143. The first kappa shape index (κ1) is 21.4. The molecule has 0 saturated carbocycles. The molecule has 4 heterocycles. The van der Waals surface area contributed by atoms with E-state index >= 15 is 0 Å². The van der Waals surface area contributed by atoms with Crippen LogP contribution < -0.4 is 5.56 Å². The molecule has 1 aliphatic carbocycles. The smallest absolute Gasteiger partial charge is 0.339 e. The Morgan fingerprint density at radius 1 is 1.09 bits per heavy atom. The highest BCUT2D eigenvalue weighted by molar-refractivity contribution is 7.10. The summed E-state index contributed by atoms with van der Waals surface area (Å²) in [5.41, 5.74) is 5.77. The number of para-hydroxylation sites is 1. The minimum Gasteiger partial charge on any atom is -0.456 e. The molecule has 35 heavy (non-hydrogen) atoms. The number of allylic oxidation sites excluding steroid dienone is 1. The van der Waals surface area contributed by atoms with Crippen LogP contribution in [0, 0.1) is 6.92 Å². The van der Waals surface area contributed by atoms with Gasteiger partial charge in [0.25, 0.3) is 5.56 Å². The summed E-state index contributed by atoms with van der Waals surface area (Å²) in [6.07, 6.45) is 3.70. The zero-order valence-corrected chi connectivity index (χ0v) is 19.8. The molecular weight excluding hydrogens is 458 g/mol. The molecule has 0 saturated heterocycles. The van der Waals surface area contributed by atoms with Crippen molar-refractivity contribution in [2.24, 2.45) is 0 Å². The molecule has 0 atom stereocenters. The normalized spacial score (nSPS) is 14.0. The first-order valence-electron chi connectivity index (χ1n) is 11.4. The molecule has 5 aromatic rings. The first-order chi connectivity index (χ1) is 17.1. The molecule has 0 radical (unpaired) electrons. The van der Waals surface area contributed by atoms with Gasteiger partial charge in [-0.3, -0.25) is 9.20 Å². The zero-order valence-electron chi connectivity index (χ0n) is 19.0. The Labute approximate surface area is 205 Å². The van der Waals surface area contributed by atoms with E-state index in [-0.39, 0.29) is 12.2 Å². The Hall–Kier alpha value is -4.10. The quantitative estimate of drug-likeness (QED) is 0.320. The molecule has 6 nitrogen and oxygen atoms in total. The summed E-state index contributed by atoms with van der Waals surface area (Å²) >= 11 is 1.68. The van der Waals surface area contributed by atoms with Crippen LogP contribution in [0.1, 0.15) is 44.3 Å². The summed E-state index contributed by atoms with van der Waals surface area (Å²) in [6, 6.07) is 18.6. The minimum atomic E-state index is -0.427. The molecule has 0 unspecified atom stereocenters. The molecular formula is C28H21N3O3S. The number of nitrogens with zero attached hydrogens (tertiary/aromatic N) is 3. The van der Waals surface area contributed by atoms with Gasteiger partial charge in [-0.1, -0.05) is 30.3 Å². The first-order valence-corrected chi connectivity index (χ1v) is 12.3. The van der Waals surface area contributed by atoms with Crippen LogP contribution in [0.4, 0.5) is 0 Å². The number of carbonyl (C=O) groups is 1. The second-order valence-electron chi connectivity index (χ2n) is 8.54. The van der Waals surface area contributed by atoms with Gasteiger partial charge >= 0.3 is 5.97 Å². The van der Waals surface area contributed by atoms with Gasteiger partial charge in [0.05, 0.1) is 22.5 Å². The lowest BCUT2D eigenvalue weighted by Gasteiger charge is -2.12. The van der Waals surface area contributed by atoms with E-state index in [4.69, 9.17) is 9.72 Å². The van der Waals surface area contributed by atoms with Crippen molar-refractivity contribution < 1.29 is 9.53 Å². The highest BCUT2D eigenvalue weighted by Crippen LogP contribution is 2.38. The maximum Gasteiger partial charge on any atom is 0.339 e. The Morgan fingerprint density at radius 2 is 1.97 bits per heavy atom. The van der Waals surface area contributed by atoms with Crippen molar-refractivity contribution in [3.05, 3.63) is 109 Å². The molecule has 0 bridgehead atoms. The van der Waals surface area contributed by atoms with E-state index in [1.807, 2.05) is 54.8 Å². The van der Waals surface area contributed by atoms with Gasteiger partial charge in [0.2, 0.25) is 0 Å². The van der Waals surface area contributed by atoms with Gasteiger partial charge in [-0.15, -0.1) is 11.3 Å². The lowest BCUT2D eigenvalue weighted by molar-refractivity contribution is 0.0469. The van der Waals surface area contributed by atoms with E-state index in [1.54, 1.807) is 17.4 Å². The number of carbonyl (C=O) groups excluding carboxylic acids is 1. The Morgan fingerprint density at radius 3 is 2.83 bits per heavy atom. The highest BCUT2D eigenvalue weighted by Gasteiger charge is 2.27. The van der Waals surface area contributed by atoms with Crippen molar-refractivity contribution in [1.29, 1.82) is 0 Å². The number of esters is 1. The molecule has 0 amide bonds. The number of benzene rings is 1. The van der Waals surface area contributed by atoms with Crippen LogP contribution in [-0.4, -0.2) is 20.3 Å². The van der Waals surface area contributed by atoms with Gasteiger partial charge < -0.3 is 4.74 Å². The summed E-state index contributed by atoms with van der Waals surface area (Å²) in [6.45, 7) is 1.77. The van der Waals surface area contributed by atoms with Gasteiger partial charge in [-0.05, 0) is 66.6 Å². The predicted molar refractivity (Wildman–Crippen MR) is 138 cm³/mol. The third kappa shape index (κ3) is 3.84. The third-order valence-corrected chi connectivity index (χ3v) is 7.11. The van der Waals surface area contributed by atoms with Crippen LogP contribution in [0.25, 0.3) is 28.2 Å². The number of hydrogen-bond donors (Lipinski definition) is 0. The van der Waals surface area contributed by atoms with Crippen molar-refractivity contribution in [1.82, 2.24) is 14.4 Å². The fourth-order valence-electron chi connectivity index (χ4n) is 4.71. The molecule has 0 N–H and O–H groups in total. The van der Waals surface area contributed by atoms with E-state index < -0.39 is 5.97 Å².